The third-order valence-electron chi connectivity index (χ3n) is 4.29. The summed E-state index contributed by atoms with van der Waals surface area (Å²) >= 11 is 1.51. The lowest BCUT2D eigenvalue weighted by Gasteiger charge is -2.26. The van der Waals surface area contributed by atoms with Crippen molar-refractivity contribution in [3.05, 3.63) is 40.4 Å². The summed E-state index contributed by atoms with van der Waals surface area (Å²) in [4.78, 5) is 30.9. The van der Waals surface area contributed by atoms with Crippen molar-refractivity contribution in [1.82, 2.24) is 15.8 Å². The summed E-state index contributed by atoms with van der Waals surface area (Å²) in [7, 11) is 1.56. The van der Waals surface area contributed by atoms with Gasteiger partial charge in [-0.2, -0.15) is 0 Å². The average molecular weight is 404 g/mol. The Morgan fingerprint density at radius 1 is 1.21 bits per heavy atom. The second kappa shape index (κ2) is 9.52. The van der Waals surface area contributed by atoms with E-state index in [1.165, 1.54) is 11.3 Å². The number of amides is 2. The van der Waals surface area contributed by atoms with Crippen LogP contribution in [-0.4, -0.2) is 50.2 Å². The molecule has 0 atom stereocenters. The van der Waals surface area contributed by atoms with Crippen LogP contribution in [0.2, 0.25) is 0 Å². The van der Waals surface area contributed by atoms with Crippen LogP contribution in [0.15, 0.2) is 23.6 Å². The van der Waals surface area contributed by atoms with Crippen molar-refractivity contribution in [1.29, 1.82) is 0 Å². The Bertz CT molecular complexity index is 833. The molecule has 9 heteroatoms. The first-order valence-electron chi connectivity index (χ1n) is 9.03. The fourth-order valence-electron chi connectivity index (χ4n) is 2.89. The molecule has 2 amide bonds. The second-order valence-corrected chi connectivity index (χ2v) is 7.32. The molecule has 150 valence electrons. The molecule has 1 fully saturated rings. The Hall–Kier alpha value is -2.65. The van der Waals surface area contributed by atoms with Crippen LogP contribution >= 0.6 is 11.3 Å². The monoisotopic (exact) mass is 404 g/mol. The van der Waals surface area contributed by atoms with E-state index in [2.05, 4.69) is 20.7 Å². The molecule has 0 unspecified atom stereocenters. The quantitative estimate of drug-likeness (QED) is 0.704. The van der Waals surface area contributed by atoms with Gasteiger partial charge in [0.05, 0.1) is 38.9 Å². The maximum Gasteiger partial charge on any atom is 0.244 e. The minimum atomic E-state index is -0.316. The number of benzene rings is 1. The van der Waals surface area contributed by atoms with Gasteiger partial charge in [-0.05, 0) is 13.0 Å². The highest BCUT2D eigenvalue weighted by atomic mass is 32.1. The summed E-state index contributed by atoms with van der Waals surface area (Å²) in [5, 5.41) is 2.76. The fraction of sp³-hybridized carbons (Fsp3) is 0.421. The van der Waals surface area contributed by atoms with Gasteiger partial charge in [0.1, 0.15) is 5.75 Å². The van der Waals surface area contributed by atoms with Crippen molar-refractivity contribution in [2.24, 2.45) is 0 Å². The topological polar surface area (TPSA) is 92.8 Å². The van der Waals surface area contributed by atoms with Gasteiger partial charge in [0.15, 0.2) is 5.13 Å². The van der Waals surface area contributed by atoms with Crippen molar-refractivity contribution in [3.8, 4) is 5.75 Å². The minimum Gasteiger partial charge on any atom is -0.496 e. The predicted octanol–water partition coefficient (Wildman–Crippen LogP) is 1.23. The maximum absolute atomic E-state index is 12.1. The number of hydrogen-bond acceptors (Lipinski definition) is 7. The molecule has 8 nitrogen and oxygen atoms in total. The molecule has 0 spiro atoms. The Balaban J connectivity index is 1.47. The Morgan fingerprint density at radius 3 is 2.64 bits per heavy atom. The summed E-state index contributed by atoms with van der Waals surface area (Å²) < 4.78 is 10.6. The lowest BCUT2D eigenvalue weighted by molar-refractivity contribution is -0.128. The van der Waals surface area contributed by atoms with Gasteiger partial charge in [-0.3, -0.25) is 20.4 Å². The van der Waals surface area contributed by atoms with E-state index in [4.69, 9.17) is 9.47 Å². The zero-order chi connectivity index (χ0) is 19.9. The number of hydrogen-bond donors (Lipinski definition) is 2. The molecule has 1 aromatic heterocycles. The van der Waals surface area contributed by atoms with Gasteiger partial charge in [0.25, 0.3) is 0 Å². The SMILES string of the molecule is COc1ccc(C)cc1CC(=O)NNC(=O)Cc1csc(N2CCOCC2)n1. The number of morpholine rings is 1. The van der Waals surface area contributed by atoms with Gasteiger partial charge in [0.2, 0.25) is 11.8 Å². The van der Waals surface area contributed by atoms with Crippen molar-refractivity contribution in [2.45, 2.75) is 19.8 Å². The van der Waals surface area contributed by atoms with Gasteiger partial charge in [-0.25, -0.2) is 4.98 Å². The normalized spacial score (nSPS) is 13.9. The Labute approximate surface area is 167 Å². The zero-order valence-electron chi connectivity index (χ0n) is 16.0. The van der Waals surface area contributed by atoms with Crippen LogP contribution in [0.1, 0.15) is 16.8 Å². The molecule has 3 rings (SSSR count). The van der Waals surface area contributed by atoms with Gasteiger partial charge >= 0.3 is 0 Å². The number of carbonyl (C=O) groups is 2. The van der Waals surface area contributed by atoms with E-state index < -0.39 is 0 Å². The molecular formula is C19H24N4O4S. The molecule has 0 saturated carbocycles. The van der Waals surface area contributed by atoms with E-state index in [0.717, 1.165) is 29.3 Å². The molecule has 1 saturated heterocycles. The van der Waals surface area contributed by atoms with Gasteiger partial charge in [-0.15, -0.1) is 11.3 Å². The van der Waals surface area contributed by atoms with Crippen LogP contribution in [0.3, 0.4) is 0 Å². The second-order valence-electron chi connectivity index (χ2n) is 6.49. The third-order valence-corrected chi connectivity index (χ3v) is 5.24. The predicted molar refractivity (Wildman–Crippen MR) is 107 cm³/mol. The number of aromatic nitrogens is 1. The van der Waals surface area contributed by atoms with Crippen LogP contribution in [0.25, 0.3) is 0 Å². The number of nitrogens with one attached hydrogen (secondary N) is 2. The average Bonchev–Trinajstić information content (AvgIpc) is 3.16. The van der Waals surface area contributed by atoms with E-state index in [1.54, 1.807) is 7.11 Å². The third kappa shape index (κ3) is 5.43. The summed E-state index contributed by atoms with van der Waals surface area (Å²) in [5.74, 6) is 0.0121. The number of ether oxygens (including phenoxy) is 2. The van der Waals surface area contributed by atoms with E-state index in [1.807, 2.05) is 30.5 Å². The maximum atomic E-state index is 12.1. The summed E-state index contributed by atoms with van der Waals surface area (Å²) in [6, 6.07) is 5.63. The first-order chi connectivity index (χ1) is 13.5. The summed E-state index contributed by atoms with van der Waals surface area (Å²) in [5.41, 5.74) is 7.37. The van der Waals surface area contributed by atoms with Crippen molar-refractivity contribution in [3.63, 3.8) is 0 Å². The number of anilines is 1. The van der Waals surface area contributed by atoms with Crippen LogP contribution in [0.4, 0.5) is 5.13 Å². The van der Waals surface area contributed by atoms with Crippen molar-refractivity contribution in [2.75, 3.05) is 38.3 Å². The molecule has 2 heterocycles. The number of methoxy groups -OCH3 is 1. The van der Waals surface area contributed by atoms with Gasteiger partial charge < -0.3 is 14.4 Å². The standard InChI is InChI=1S/C19H24N4O4S/c1-13-3-4-16(26-2)14(9-13)10-17(24)21-22-18(25)11-15-12-28-19(20-15)23-5-7-27-8-6-23/h3-4,9,12H,5-8,10-11H2,1-2H3,(H,21,24)(H,22,25). The molecule has 1 aliphatic heterocycles. The number of nitrogens with zero attached hydrogens (tertiary/aromatic N) is 2. The van der Waals surface area contributed by atoms with Crippen LogP contribution in [-0.2, 0) is 27.2 Å². The van der Waals surface area contributed by atoms with Crippen molar-refractivity contribution < 1.29 is 19.1 Å². The molecule has 28 heavy (non-hydrogen) atoms. The lowest BCUT2D eigenvalue weighted by atomic mass is 10.1. The van der Waals surface area contributed by atoms with Crippen LogP contribution in [0, 0.1) is 6.92 Å². The molecule has 0 radical (unpaired) electrons. The first-order valence-corrected chi connectivity index (χ1v) is 9.91. The van der Waals surface area contributed by atoms with E-state index in [9.17, 15) is 9.59 Å². The van der Waals surface area contributed by atoms with E-state index >= 15 is 0 Å². The molecule has 2 N–H and O–H groups in total. The van der Waals surface area contributed by atoms with E-state index in [0.29, 0.717) is 24.7 Å². The molecule has 1 aromatic carbocycles. The highest BCUT2D eigenvalue weighted by Crippen LogP contribution is 2.22. The highest BCUT2D eigenvalue weighted by molar-refractivity contribution is 7.13. The molecular weight excluding hydrogens is 380 g/mol. The summed E-state index contributed by atoms with van der Waals surface area (Å²) in [6.07, 6.45) is 0.220. The minimum absolute atomic E-state index is 0.106. The number of thiazole rings is 1. The Morgan fingerprint density at radius 2 is 1.93 bits per heavy atom. The lowest BCUT2D eigenvalue weighted by Crippen LogP contribution is -2.43. The number of carbonyl (C=O) groups excluding carboxylic acids is 2. The molecule has 0 bridgehead atoms. The van der Waals surface area contributed by atoms with Gasteiger partial charge in [0, 0.05) is 24.0 Å². The highest BCUT2D eigenvalue weighted by Gasteiger charge is 2.16. The number of aryl methyl sites for hydroxylation is 1. The smallest absolute Gasteiger partial charge is 0.244 e. The van der Waals surface area contributed by atoms with E-state index in [-0.39, 0.29) is 24.7 Å². The van der Waals surface area contributed by atoms with Crippen molar-refractivity contribution >= 4 is 28.3 Å². The zero-order valence-corrected chi connectivity index (χ0v) is 16.8. The number of rotatable bonds is 6. The van der Waals surface area contributed by atoms with Crippen LogP contribution < -0.4 is 20.5 Å². The van der Waals surface area contributed by atoms with Gasteiger partial charge in [-0.1, -0.05) is 17.7 Å². The first kappa shape index (κ1) is 20.1. The number of hydrazine groups is 1. The van der Waals surface area contributed by atoms with Crippen LogP contribution in [0.5, 0.6) is 5.75 Å². The fourth-order valence-corrected chi connectivity index (χ4v) is 3.77. The summed E-state index contributed by atoms with van der Waals surface area (Å²) in [6.45, 7) is 4.93. The Kier molecular flexibility index (Phi) is 6.83. The molecule has 2 aromatic rings. The molecule has 0 aliphatic carbocycles. The molecule has 1 aliphatic rings. The largest absolute Gasteiger partial charge is 0.496 e.